The molecule has 0 fully saturated rings. The Hall–Kier alpha value is -1.01. The summed E-state index contributed by atoms with van der Waals surface area (Å²) in [6.45, 7) is 20.0. The molecule has 0 bridgehead atoms. The van der Waals surface area contributed by atoms with Crippen LogP contribution in [0.15, 0.2) is 11.6 Å². The summed E-state index contributed by atoms with van der Waals surface area (Å²) in [6.07, 6.45) is 1.55. The molecule has 0 amide bonds. The lowest BCUT2D eigenvalue weighted by Crippen LogP contribution is -2.43. The maximum Gasteiger partial charge on any atom is 0.331 e. The smallest absolute Gasteiger partial charge is 0.331 e. The minimum absolute atomic E-state index is 0.160. The fourth-order valence-corrected chi connectivity index (χ4v) is 8.44. The standard InChI is InChI=1S/C19H34O2Si/c1-14(2)22(15(3)4,16(5)6)12-11-17(19(7,8)9)13-18(20)21-10/h13-16H,1-10H3/b17-13-. The average molecular weight is 323 g/mol. The molecule has 0 radical (unpaired) electrons. The first kappa shape index (κ1) is 21.0. The fraction of sp³-hybridized carbons (Fsp3) is 0.737. The molecule has 0 N–H and O–H groups in total. The topological polar surface area (TPSA) is 26.3 Å². The van der Waals surface area contributed by atoms with Gasteiger partial charge in [0.05, 0.1) is 7.11 Å². The van der Waals surface area contributed by atoms with Crippen molar-refractivity contribution >= 4 is 14.0 Å². The summed E-state index contributed by atoms with van der Waals surface area (Å²) in [5, 5.41) is 0. The zero-order valence-electron chi connectivity index (χ0n) is 16.1. The predicted molar refractivity (Wildman–Crippen MR) is 98.4 cm³/mol. The zero-order valence-corrected chi connectivity index (χ0v) is 17.1. The molecular formula is C19H34O2Si. The van der Waals surface area contributed by atoms with E-state index in [0.29, 0.717) is 16.6 Å². The molecule has 126 valence electrons. The summed E-state index contributed by atoms with van der Waals surface area (Å²) >= 11 is 0. The molecule has 0 saturated heterocycles. The molecule has 0 aromatic rings. The van der Waals surface area contributed by atoms with Crippen LogP contribution in [0.5, 0.6) is 0 Å². The summed E-state index contributed by atoms with van der Waals surface area (Å²) in [6, 6.07) is 0. The van der Waals surface area contributed by atoms with Crippen molar-refractivity contribution in [3.8, 4) is 11.5 Å². The minimum atomic E-state index is -1.78. The molecular weight excluding hydrogens is 288 g/mol. The van der Waals surface area contributed by atoms with Gasteiger partial charge in [0, 0.05) is 11.6 Å². The van der Waals surface area contributed by atoms with E-state index < -0.39 is 8.07 Å². The van der Waals surface area contributed by atoms with Gasteiger partial charge in [0.1, 0.15) is 8.07 Å². The lowest BCUT2D eigenvalue weighted by Gasteiger charge is -2.38. The van der Waals surface area contributed by atoms with E-state index in [9.17, 15) is 4.79 Å². The van der Waals surface area contributed by atoms with Crippen LogP contribution >= 0.6 is 0 Å². The molecule has 0 rings (SSSR count). The molecule has 0 aromatic heterocycles. The van der Waals surface area contributed by atoms with Crippen LogP contribution in [0.2, 0.25) is 16.6 Å². The van der Waals surface area contributed by atoms with Crippen LogP contribution in [0.25, 0.3) is 0 Å². The molecule has 0 spiro atoms. The van der Waals surface area contributed by atoms with Crippen LogP contribution in [0.4, 0.5) is 0 Å². The number of hydrogen-bond donors (Lipinski definition) is 0. The SMILES string of the molecule is COC(=O)/C=C(/C#C[Si](C(C)C)(C(C)C)C(C)C)C(C)(C)C. The third-order valence-electron chi connectivity index (χ3n) is 4.55. The normalized spacial score (nSPS) is 13.4. The van der Waals surface area contributed by atoms with Crippen molar-refractivity contribution in [3.63, 3.8) is 0 Å². The molecule has 2 nitrogen and oxygen atoms in total. The first-order valence-electron chi connectivity index (χ1n) is 8.22. The van der Waals surface area contributed by atoms with E-state index in [2.05, 4.69) is 73.8 Å². The fourth-order valence-electron chi connectivity index (χ4n) is 3.23. The maximum absolute atomic E-state index is 11.6. The Balaban J connectivity index is 6.05. The summed E-state index contributed by atoms with van der Waals surface area (Å²) in [4.78, 5) is 11.6. The van der Waals surface area contributed by atoms with E-state index in [1.165, 1.54) is 7.11 Å². The van der Waals surface area contributed by atoms with E-state index in [1.54, 1.807) is 6.08 Å². The van der Waals surface area contributed by atoms with Gasteiger partial charge in [-0.25, -0.2) is 4.79 Å². The Kier molecular flexibility index (Phi) is 7.64. The quantitative estimate of drug-likeness (QED) is 0.302. The average Bonchev–Trinajstić information content (AvgIpc) is 2.35. The number of allylic oxidation sites excluding steroid dienone is 1. The van der Waals surface area contributed by atoms with Gasteiger partial charge in [0.15, 0.2) is 0 Å². The van der Waals surface area contributed by atoms with E-state index >= 15 is 0 Å². The lowest BCUT2D eigenvalue weighted by molar-refractivity contribution is -0.134. The van der Waals surface area contributed by atoms with Crippen LogP contribution in [0, 0.1) is 16.9 Å². The molecule has 0 saturated carbocycles. The van der Waals surface area contributed by atoms with Gasteiger partial charge in [-0.05, 0) is 22.0 Å². The second kappa shape index (κ2) is 8.01. The number of carbonyl (C=O) groups excluding carboxylic acids is 1. The van der Waals surface area contributed by atoms with Crippen molar-refractivity contribution in [2.24, 2.45) is 5.41 Å². The predicted octanol–water partition coefficient (Wildman–Crippen LogP) is 5.35. The van der Waals surface area contributed by atoms with E-state index in [0.717, 1.165) is 5.57 Å². The van der Waals surface area contributed by atoms with E-state index in [-0.39, 0.29) is 11.4 Å². The van der Waals surface area contributed by atoms with Gasteiger partial charge in [-0.3, -0.25) is 0 Å². The number of esters is 1. The van der Waals surface area contributed by atoms with E-state index in [1.807, 2.05) is 0 Å². The second-order valence-corrected chi connectivity index (χ2v) is 13.6. The van der Waals surface area contributed by atoms with Crippen LogP contribution in [0.1, 0.15) is 62.3 Å². The molecule has 0 heterocycles. The summed E-state index contributed by atoms with van der Waals surface area (Å²) < 4.78 is 4.78. The van der Waals surface area contributed by atoms with Gasteiger partial charge >= 0.3 is 5.97 Å². The molecule has 0 aromatic carbocycles. The van der Waals surface area contributed by atoms with Crippen LogP contribution in [0.3, 0.4) is 0 Å². The van der Waals surface area contributed by atoms with Gasteiger partial charge in [0.25, 0.3) is 0 Å². The molecule has 0 unspecified atom stereocenters. The van der Waals surface area contributed by atoms with Gasteiger partial charge in [-0.2, -0.15) is 0 Å². The largest absolute Gasteiger partial charge is 0.466 e. The number of carbonyl (C=O) groups is 1. The van der Waals surface area contributed by atoms with Crippen LogP contribution < -0.4 is 0 Å². The van der Waals surface area contributed by atoms with Gasteiger partial charge < -0.3 is 4.74 Å². The molecule has 22 heavy (non-hydrogen) atoms. The number of methoxy groups -OCH3 is 1. The number of ether oxygens (including phenoxy) is 1. The first-order chi connectivity index (χ1) is 9.89. The van der Waals surface area contributed by atoms with E-state index in [4.69, 9.17) is 4.74 Å². The van der Waals surface area contributed by atoms with Crippen molar-refractivity contribution in [1.82, 2.24) is 0 Å². The second-order valence-electron chi connectivity index (χ2n) is 7.98. The Morgan fingerprint density at radius 3 is 1.68 bits per heavy atom. The highest BCUT2D eigenvalue weighted by molar-refractivity contribution is 6.90. The van der Waals surface area contributed by atoms with Crippen molar-refractivity contribution in [2.45, 2.75) is 78.9 Å². The number of hydrogen-bond acceptors (Lipinski definition) is 2. The molecule has 0 aliphatic heterocycles. The molecule has 0 atom stereocenters. The van der Waals surface area contributed by atoms with Gasteiger partial charge in [-0.15, -0.1) is 5.54 Å². The monoisotopic (exact) mass is 322 g/mol. The third-order valence-corrected chi connectivity index (χ3v) is 10.8. The molecule has 3 heteroatoms. The van der Waals surface area contributed by atoms with Crippen LogP contribution in [-0.4, -0.2) is 21.2 Å². The summed E-state index contributed by atoms with van der Waals surface area (Å²) in [7, 11) is -0.380. The van der Waals surface area contributed by atoms with Crippen molar-refractivity contribution < 1.29 is 9.53 Å². The van der Waals surface area contributed by atoms with Crippen molar-refractivity contribution in [1.29, 1.82) is 0 Å². The van der Waals surface area contributed by atoms with Crippen molar-refractivity contribution in [2.75, 3.05) is 7.11 Å². The first-order valence-corrected chi connectivity index (χ1v) is 10.5. The minimum Gasteiger partial charge on any atom is -0.466 e. The Morgan fingerprint density at radius 2 is 1.41 bits per heavy atom. The lowest BCUT2D eigenvalue weighted by atomic mass is 9.87. The zero-order chi connectivity index (χ0) is 17.7. The van der Waals surface area contributed by atoms with Gasteiger partial charge in [-0.1, -0.05) is 68.2 Å². The molecule has 0 aliphatic carbocycles. The number of rotatable bonds is 4. The summed E-state index contributed by atoms with van der Waals surface area (Å²) in [5.74, 6) is 3.05. The third kappa shape index (κ3) is 5.02. The Bertz CT molecular complexity index is 446. The molecule has 0 aliphatic rings. The van der Waals surface area contributed by atoms with Crippen molar-refractivity contribution in [3.05, 3.63) is 11.6 Å². The van der Waals surface area contributed by atoms with Gasteiger partial charge in [0.2, 0.25) is 0 Å². The Morgan fingerprint density at radius 1 is 1.00 bits per heavy atom. The van der Waals surface area contributed by atoms with Crippen LogP contribution in [-0.2, 0) is 9.53 Å². The maximum atomic E-state index is 11.6. The Labute approximate surface area is 138 Å². The highest BCUT2D eigenvalue weighted by atomic mass is 28.3. The highest BCUT2D eigenvalue weighted by Gasteiger charge is 2.41. The highest BCUT2D eigenvalue weighted by Crippen LogP contribution is 2.41. The summed E-state index contributed by atoms with van der Waals surface area (Å²) in [5.41, 5.74) is 6.13.